The van der Waals surface area contributed by atoms with Crippen LogP contribution >= 0.6 is 11.8 Å². The van der Waals surface area contributed by atoms with E-state index in [2.05, 4.69) is 0 Å². The van der Waals surface area contributed by atoms with Gasteiger partial charge in [0.1, 0.15) is 0 Å². The highest BCUT2D eigenvalue weighted by Gasteiger charge is 1.98. The van der Waals surface area contributed by atoms with Crippen LogP contribution in [0, 0.1) is 5.92 Å². The van der Waals surface area contributed by atoms with Gasteiger partial charge in [-0.05, 0) is 12.3 Å². The van der Waals surface area contributed by atoms with E-state index in [9.17, 15) is 4.39 Å². The number of rotatable bonds is 3. The Hall–Kier alpha value is 0.0200. The molecule has 0 fully saturated rings. The lowest BCUT2D eigenvalue weighted by Gasteiger charge is -1.98. The molecule has 0 aliphatic heterocycles. The number of hydrogen-bond acceptors (Lipinski definition) is 1. The van der Waals surface area contributed by atoms with Gasteiger partial charge >= 0.3 is 0 Å². The second kappa shape index (κ2) is 4.86. The van der Waals surface area contributed by atoms with Crippen molar-refractivity contribution in [3.8, 4) is 0 Å². The molecule has 0 spiro atoms. The Morgan fingerprint density at radius 2 is 2.22 bits per heavy atom. The van der Waals surface area contributed by atoms with Gasteiger partial charge < -0.3 is 0 Å². The summed E-state index contributed by atoms with van der Waals surface area (Å²) in [6.07, 6.45) is 3.60. The van der Waals surface area contributed by atoms with Gasteiger partial charge in [-0.25, -0.2) is 4.39 Å². The molecule has 0 amide bonds. The van der Waals surface area contributed by atoms with Crippen molar-refractivity contribution < 1.29 is 4.39 Å². The summed E-state index contributed by atoms with van der Waals surface area (Å²) in [7, 11) is 0. The molecule has 0 radical (unpaired) electrons. The van der Waals surface area contributed by atoms with Crippen LogP contribution < -0.4 is 0 Å². The second-order valence-electron chi connectivity index (χ2n) is 2.20. The first kappa shape index (κ1) is 9.02. The molecule has 0 nitrogen and oxygen atoms in total. The second-order valence-corrected chi connectivity index (χ2v) is 3.11. The first-order chi connectivity index (χ1) is 4.18. The fourth-order valence-corrected chi connectivity index (χ4v) is 0.725. The Labute approximate surface area is 60.5 Å². The van der Waals surface area contributed by atoms with Gasteiger partial charge in [0.15, 0.2) is 0 Å². The van der Waals surface area contributed by atoms with Crippen molar-refractivity contribution in [1.29, 1.82) is 0 Å². The molecule has 0 atom stereocenters. The Morgan fingerprint density at radius 3 is 2.56 bits per heavy atom. The Kier molecular flexibility index (Phi) is 4.87. The summed E-state index contributed by atoms with van der Waals surface area (Å²) >= 11 is 1.63. The lowest BCUT2D eigenvalue weighted by atomic mass is 10.2. The maximum atomic E-state index is 12.6. The van der Waals surface area contributed by atoms with Crippen LogP contribution in [-0.2, 0) is 0 Å². The Bertz CT molecular complexity index is 97.1. The maximum absolute atomic E-state index is 12.6. The molecule has 0 saturated heterocycles. The lowest BCUT2D eigenvalue weighted by Crippen LogP contribution is -1.87. The summed E-state index contributed by atoms with van der Waals surface area (Å²) in [6, 6.07) is 0. The highest BCUT2D eigenvalue weighted by atomic mass is 32.2. The quantitative estimate of drug-likeness (QED) is 0.593. The van der Waals surface area contributed by atoms with Crippen molar-refractivity contribution in [2.75, 3.05) is 12.0 Å². The normalized spacial score (nSPS) is 12.8. The van der Waals surface area contributed by atoms with Crippen LogP contribution in [0.5, 0.6) is 0 Å². The largest absolute Gasteiger partial charge is 0.212 e. The fraction of sp³-hybridized carbons (Fsp3) is 0.714. The average Bonchev–Trinajstić information content (AvgIpc) is 1.82. The molecule has 0 aromatic heterocycles. The zero-order chi connectivity index (χ0) is 7.28. The molecule has 0 N–H and O–H groups in total. The summed E-state index contributed by atoms with van der Waals surface area (Å²) in [6.45, 7) is 3.71. The maximum Gasteiger partial charge on any atom is 0.0993 e. The zero-order valence-corrected chi connectivity index (χ0v) is 6.96. The zero-order valence-electron chi connectivity index (χ0n) is 6.15. The topological polar surface area (TPSA) is 0 Å². The van der Waals surface area contributed by atoms with Gasteiger partial charge in [0.25, 0.3) is 0 Å². The summed E-state index contributed by atoms with van der Waals surface area (Å²) in [5.74, 6) is 0.839. The molecule has 54 valence electrons. The van der Waals surface area contributed by atoms with Crippen LogP contribution in [-0.4, -0.2) is 12.0 Å². The van der Waals surface area contributed by atoms with E-state index in [1.807, 2.05) is 20.1 Å². The molecule has 2 heteroatoms. The van der Waals surface area contributed by atoms with Gasteiger partial charge in [-0.1, -0.05) is 13.8 Å². The van der Waals surface area contributed by atoms with Crippen molar-refractivity contribution in [2.24, 2.45) is 5.92 Å². The molecule has 0 aromatic rings. The van der Waals surface area contributed by atoms with E-state index >= 15 is 0 Å². The van der Waals surface area contributed by atoms with Crippen LogP contribution in [0.2, 0.25) is 0 Å². The molecule has 0 heterocycles. The summed E-state index contributed by atoms with van der Waals surface area (Å²) in [5.41, 5.74) is 0. The van der Waals surface area contributed by atoms with Crippen LogP contribution in [0.15, 0.2) is 11.9 Å². The lowest BCUT2D eigenvalue weighted by molar-refractivity contribution is 0.518. The molecule has 0 saturated carbocycles. The van der Waals surface area contributed by atoms with E-state index in [4.69, 9.17) is 0 Å². The first-order valence-corrected chi connectivity index (χ1v) is 4.42. The van der Waals surface area contributed by atoms with E-state index in [1.54, 1.807) is 17.8 Å². The molecule has 0 unspecified atom stereocenters. The number of allylic oxidation sites excluding steroid dienone is 1. The van der Waals surface area contributed by atoms with Gasteiger partial charge in [0.05, 0.1) is 5.83 Å². The monoisotopic (exact) mass is 148 g/mol. The van der Waals surface area contributed by atoms with Gasteiger partial charge in [-0.2, -0.15) is 11.8 Å². The van der Waals surface area contributed by atoms with Crippen LogP contribution in [0.25, 0.3) is 0 Å². The van der Waals surface area contributed by atoms with Crippen molar-refractivity contribution in [2.45, 2.75) is 13.8 Å². The number of hydrogen-bond donors (Lipinski definition) is 0. The molecule has 9 heavy (non-hydrogen) atoms. The van der Waals surface area contributed by atoms with Crippen molar-refractivity contribution in [1.82, 2.24) is 0 Å². The smallest absolute Gasteiger partial charge is 0.0993 e. The standard InChI is InChI=1S/C7H13FS/c1-6(2)7(8)4-5-9-3/h4,6H,5H2,1-3H3/b7-4-. The van der Waals surface area contributed by atoms with Crippen molar-refractivity contribution in [3.63, 3.8) is 0 Å². The summed E-state index contributed by atoms with van der Waals surface area (Å²) in [4.78, 5) is 0. The van der Waals surface area contributed by atoms with Crippen LogP contribution in [0.4, 0.5) is 4.39 Å². The van der Waals surface area contributed by atoms with Gasteiger partial charge in [0.2, 0.25) is 0 Å². The Morgan fingerprint density at radius 1 is 1.67 bits per heavy atom. The van der Waals surface area contributed by atoms with Gasteiger partial charge in [-0.3, -0.25) is 0 Å². The van der Waals surface area contributed by atoms with E-state index in [-0.39, 0.29) is 11.7 Å². The molecule has 0 rings (SSSR count). The molecule has 0 aliphatic rings. The minimum Gasteiger partial charge on any atom is -0.212 e. The highest BCUT2D eigenvalue weighted by molar-refractivity contribution is 7.98. The first-order valence-electron chi connectivity index (χ1n) is 3.03. The minimum atomic E-state index is 0.00403. The van der Waals surface area contributed by atoms with E-state index in [1.165, 1.54) is 0 Å². The summed E-state index contributed by atoms with van der Waals surface area (Å²) in [5, 5.41) is 0. The number of thioether (sulfide) groups is 1. The third-order valence-corrected chi connectivity index (χ3v) is 1.50. The fourth-order valence-electron chi connectivity index (χ4n) is 0.399. The van der Waals surface area contributed by atoms with Crippen LogP contribution in [0.1, 0.15) is 13.8 Å². The highest BCUT2D eigenvalue weighted by Crippen LogP contribution is 2.10. The predicted molar refractivity (Wildman–Crippen MR) is 42.4 cm³/mol. The SMILES string of the molecule is CSC/C=C(\F)C(C)C. The molecular weight excluding hydrogens is 135 g/mol. The molecule has 0 aliphatic carbocycles. The van der Waals surface area contributed by atoms with E-state index in [0.29, 0.717) is 0 Å². The Balaban J connectivity index is 3.55. The third-order valence-electron chi connectivity index (χ3n) is 0.997. The number of halogens is 1. The third kappa shape index (κ3) is 4.52. The van der Waals surface area contributed by atoms with Crippen molar-refractivity contribution >= 4 is 11.8 Å². The molecule has 0 bridgehead atoms. The summed E-state index contributed by atoms with van der Waals surface area (Å²) < 4.78 is 12.6. The van der Waals surface area contributed by atoms with Crippen molar-refractivity contribution in [3.05, 3.63) is 11.9 Å². The van der Waals surface area contributed by atoms with E-state index < -0.39 is 0 Å². The minimum absolute atomic E-state index is 0.00403. The van der Waals surface area contributed by atoms with Crippen LogP contribution in [0.3, 0.4) is 0 Å². The van der Waals surface area contributed by atoms with E-state index in [0.717, 1.165) is 5.75 Å². The molecule has 0 aromatic carbocycles. The molecular formula is C7H13FS. The van der Waals surface area contributed by atoms with Gasteiger partial charge in [-0.15, -0.1) is 0 Å². The predicted octanol–water partition coefficient (Wildman–Crippen LogP) is 2.86. The average molecular weight is 148 g/mol. The van der Waals surface area contributed by atoms with Gasteiger partial charge in [0, 0.05) is 11.7 Å².